The highest BCUT2D eigenvalue weighted by Crippen LogP contribution is 2.39. The van der Waals surface area contributed by atoms with E-state index in [1.807, 2.05) is 0 Å². The zero-order chi connectivity index (χ0) is 21.6. The van der Waals surface area contributed by atoms with Gasteiger partial charge in [-0.25, -0.2) is 0 Å². The standard InChI is InChI=1S/C31H25P/c1-5-15-25(16-6-1)31(26-17-7-2-8-18-26)29-23-13-14-24-30(29)32(27-19-9-3-10-20-27)28-21-11-4-12-22-28/h1-24,31H. The van der Waals surface area contributed by atoms with E-state index >= 15 is 0 Å². The maximum absolute atomic E-state index is 2.33. The van der Waals surface area contributed by atoms with E-state index in [9.17, 15) is 0 Å². The first-order valence-corrected chi connectivity index (χ1v) is 12.3. The molecule has 5 rings (SSSR count). The lowest BCUT2D eigenvalue weighted by atomic mass is 9.85. The smallest absolute Gasteiger partial charge is 0.0346 e. The van der Waals surface area contributed by atoms with Gasteiger partial charge in [-0.15, -0.1) is 0 Å². The predicted octanol–water partition coefficient (Wildman–Crippen LogP) is 6.63. The van der Waals surface area contributed by atoms with Crippen LogP contribution in [-0.2, 0) is 0 Å². The molecule has 154 valence electrons. The van der Waals surface area contributed by atoms with Crippen molar-refractivity contribution in [3.63, 3.8) is 0 Å². The van der Waals surface area contributed by atoms with E-state index in [0.29, 0.717) is 0 Å². The highest BCUT2D eigenvalue weighted by atomic mass is 31.1. The molecule has 5 aromatic carbocycles. The van der Waals surface area contributed by atoms with Gasteiger partial charge in [-0.2, -0.15) is 0 Å². The third-order valence-corrected chi connectivity index (χ3v) is 8.30. The van der Waals surface area contributed by atoms with Crippen LogP contribution in [0.3, 0.4) is 0 Å². The quantitative estimate of drug-likeness (QED) is 0.210. The molecule has 0 radical (unpaired) electrons. The second-order valence-corrected chi connectivity index (χ2v) is 10.0. The van der Waals surface area contributed by atoms with Crippen molar-refractivity contribution in [2.24, 2.45) is 0 Å². The number of hydrogen-bond acceptors (Lipinski definition) is 0. The summed E-state index contributed by atoms with van der Waals surface area (Å²) in [7, 11) is -0.680. The molecule has 0 amide bonds. The minimum atomic E-state index is -0.680. The van der Waals surface area contributed by atoms with E-state index in [-0.39, 0.29) is 5.92 Å². The average Bonchev–Trinajstić information content (AvgIpc) is 2.88. The molecule has 0 unspecified atom stereocenters. The van der Waals surface area contributed by atoms with E-state index in [1.165, 1.54) is 32.6 Å². The molecule has 0 nitrogen and oxygen atoms in total. The van der Waals surface area contributed by atoms with E-state index in [0.717, 1.165) is 0 Å². The first-order valence-electron chi connectivity index (χ1n) is 11.0. The summed E-state index contributed by atoms with van der Waals surface area (Å²) in [6.45, 7) is 0. The number of benzene rings is 5. The van der Waals surface area contributed by atoms with Gasteiger partial charge in [-0.1, -0.05) is 146 Å². The Hall–Kier alpha value is -3.47. The van der Waals surface area contributed by atoms with Crippen LogP contribution in [0.15, 0.2) is 146 Å². The molecule has 0 bridgehead atoms. The van der Waals surface area contributed by atoms with Crippen LogP contribution in [0.25, 0.3) is 0 Å². The SMILES string of the molecule is c1ccc(C(c2ccccc2)c2ccccc2P(c2ccccc2)c2ccccc2)cc1. The molecule has 0 spiro atoms. The van der Waals surface area contributed by atoms with Gasteiger partial charge in [-0.05, 0) is 40.5 Å². The van der Waals surface area contributed by atoms with Crippen molar-refractivity contribution in [1.82, 2.24) is 0 Å². The van der Waals surface area contributed by atoms with Crippen LogP contribution in [-0.4, -0.2) is 0 Å². The minimum absolute atomic E-state index is 0.186. The molecule has 0 aliphatic rings. The van der Waals surface area contributed by atoms with Crippen molar-refractivity contribution in [2.45, 2.75) is 5.92 Å². The fourth-order valence-electron chi connectivity index (χ4n) is 4.36. The lowest BCUT2D eigenvalue weighted by Crippen LogP contribution is -2.25. The van der Waals surface area contributed by atoms with Gasteiger partial charge in [-0.3, -0.25) is 0 Å². The summed E-state index contributed by atoms with van der Waals surface area (Å²) in [6, 6.07) is 52.7. The van der Waals surface area contributed by atoms with Crippen LogP contribution in [0.5, 0.6) is 0 Å². The second kappa shape index (κ2) is 9.77. The molecule has 1 heteroatoms. The summed E-state index contributed by atoms with van der Waals surface area (Å²) in [4.78, 5) is 0. The van der Waals surface area contributed by atoms with Gasteiger partial charge in [0.25, 0.3) is 0 Å². The average molecular weight is 429 g/mol. The Morgan fingerprint density at radius 2 is 0.750 bits per heavy atom. The summed E-state index contributed by atoms with van der Waals surface area (Å²) < 4.78 is 0. The Morgan fingerprint density at radius 1 is 0.375 bits per heavy atom. The second-order valence-electron chi connectivity index (χ2n) is 7.82. The van der Waals surface area contributed by atoms with Gasteiger partial charge >= 0.3 is 0 Å². The van der Waals surface area contributed by atoms with E-state index in [2.05, 4.69) is 146 Å². The number of rotatable bonds is 6. The van der Waals surface area contributed by atoms with Crippen LogP contribution >= 0.6 is 7.92 Å². The van der Waals surface area contributed by atoms with Gasteiger partial charge < -0.3 is 0 Å². The molecule has 0 saturated heterocycles. The van der Waals surface area contributed by atoms with Crippen LogP contribution in [0.4, 0.5) is 0 Å². The van der Waals surface area contributed by atoms with Crippen LogP contribution in [0.2, 0.25) is 0 Å². The Labute approximate surface area is 192 Å². The summed E-state index contributed by atoms with van der Waals surface area (Å²) in [6.07, 6.45) is 0. The molecule has 0 heterocycles. The molecule has 0 atom stereocenters. The zero-order valence-corrected chi connectivity index (χ0v) is 18.8. The van der Waals surface area contributed by atoms with Crippen molar-refractivity contribution in [1.29, 1.82) is 0 Å². The van der Waals surface area contributed by atoms with Crippen molar-refractivity contribution in [2.75, 3.05) is 0 Å². The molecule has 0 N–H and O–H groups in total. The normalized spacial score (nSPS) is 11.1. The molecule has 0 aliphatic heterocycles. The molecule has 0 saturated carbocycles. The lowest BCUT2D eigenvalue weighted by molar-refractivity contribution is 0.986. The van der Waals surface area contributed by atoms with Crippen LogP contribution in [0, 0.1) is 0 Å². The summed E-state index contributed by atoms with van der Waals surface area (Å²) in [5, 5.41) is 4.17. The van der Waals surface area contributed by atoms with Gasteiger partial charge in [0.1, 0.15) is 0 Å². The maximum Gasteiger partial charge on any atom is 0.0346 e. The zero-order valence-electron chi connectivity index (χ0n) is 17.9. The van der Waals surface area contributed by atoms with Gasteiger partial charge in [0.15, 0.2) is 0 Å². The highest BCUT2D eigenvalue weighted by molar-refractivity contribution is 7.79. The Kier molecular flexibility index (Phi) is 6.24. The van der Waals surface area contributed by atoms with Crippen molar-refractivity contribution in [3.05, 3.63) is 162 Å². The Bertz CT molecular complexity index is 1070. The fraction of sp³-hybridized carbons (Fsp3) is 0.0323. The Balaban J connectivity index is 1.74. The van der Waals surface area contributed by atoms with Crippen molar-refractivity contribution < 1.29 is 0 Å². The first-order chi connectivity index (χ1) is 15.9. The topological polar surface area (TPSA) is 0 Å². The van der Waals surface area contributed by atoms with E-state index < -0.39 is 7.92 Å². The van der Waals surface area contributed by atoms with Crippen LogP contribution < -0.4 is 15.9 Å². The minimum Gasteiger partial charge on any atom is -0.0622 e. The molecule has 32 heavy (non-hydrogen) atoms. The molecule has 0 fully saturated rings. The molecular formula is C31H25P. The summed E-state index contributed by atoms with van der Waals surface area (Å²) in [5.41, 5.74) is 4.02. The summed E-state index contributed by atoms with van der Waals surface area (Å²) in [5.74, 6) is 0.186. The number of hydrogen-bond donors (Lipinski definition) is 0. The Morgan fingerprint density at radius 3 is 1.22 bits per heavy atom. The largest absolute Gasteiger partial charge is 0.0622 e. The monoisotopic (exact) mass is 428 g/mol. The van der Waals surface area contributed by atoms with Crippen molar-refractivity contribution in [3.8, 4) is 0 Å². The van der Waals surface area contributed by atoms with Crippen molar-refractivity contribution >= 4 is 23.8 Å². The predicted molar refractivity (Wildman–Crippen MR) is 139 cm³/mol. The first kappa shape index (κ1) is 20.4. The summed E-state index contributed by atoms with van der Waals surface area (Å²) >= 11 is 0. The van der Waals surface area contributed by atoms with Crippen LogP contribution in [0.1, 0.15) is 22.6 Å². The molecular weight excluding hydrogens is 403 g/mol. The fourth-order valence-corrected chi connectivity index (χ4v) is 6.85. The third kappa shape index (κ3) is 4.28. The third-order valence-electron chi connectivity index (χ3n) is 5.78. The molecule has 0 aromatic heterocycles. The van der Waals surface area contributed by atoms with Gasteiger partial charge in [0, 0.05) is 5.92 Å². The molecule has 0 aliphatic carbocycles. The van der Waals surface area contributed by atoms with Gasteiger partial charge in [0.2, 0.25) is 0 Å². The maximum atomic E-state index is 2.33. The van der Waals surface area contributed by atoms with E-state index in [4.69, 9.17) is 0 Å². The highest BCUT2D eigenvalue weighted by Gasteiger charge is 2.25. The van der Waals surface area contributed by atoms with Gasteiger partial charge in [0.05, 0.1) is 0 Å². The molecule has 5 aromatic rings. The van der Waals surface area contributed by atoms with E-state index in [1.54, 1.807) is 0 Å². The lowest BCUT2D eigenvalue weighted by Gasteiger charge is -2.27.